The van der Waals surface area contributed by atoms with E-state index in [0.717, 1.165) is 26.9 Å². The summed E-state index contributed by atoms with van der Waals surface area (Å²) in [5.74, 6) is 1.06. The van der Waals surface area contributed by atoms with Crippen LogP contribution in [0, 0.1) is 6.92 Å². The number of carbonyl (C=O) groups excluding carboxylic acids is 1. The number of ether oxygens (including phenoxy) is 1. The minimum atomic E-state index is -0.242. The Morgan fingerprint density at radius 3 is 2.75 bits per heavy atom. The zero-order valence-electron chi connectivity index (χ0n) is 15.3. The lowest BCUT2D eigenvalue weighted by molar-refractivity contribution is -0.111. The average Bonchev–Trinajstić information content (AvgIpc) is 3.29. The first kappa shape index (κ1) is 17.9. The molecule has 0 saturated heterocycles. The van der Waals surface area contributed by atoms with Crippen LogP contribution in [-0.2, 0) is 4.79 Å². The molecule has 140 valence electrons. The molecule has 0 aliphatic carbocycles. The summed E-state index contributed by atoms with van der Waals surface area (Å²) in [5, 5.41) is 16.3. The molecule has 1 amide bonds. The van der Waals surface area contributed by atoms with Crippen LogP contribution in [-0.4, -0.2) is 32.8 Å². The van der Waals surface area contributed by atoms with Gasteiger partial charge in [0.2, 0.25) is 10.9 Å². The number of rotatable bonds is 5. The first-order chi connectivity index (χ1) is 13.6. The quantitative estimate of drug-likeness (QED) is 0.523. The summed E-state index contributed by atoms with van der Waals surface area (Å²) >= 11 is 1.43. The molecule has 0 bridgehead atoms. The predicted octanol–water partition coefficient (Wildman–Crippen LogP) is 3.82. The third kappa shape index (κ3) is 3.63. The van der Waals surface area contributed by atoms with E-state index in [1.54, 1.807) is 23.8 Å². The Labute approximate surface area is 165 Å². The van der Waals surface area contributed by atoms with Gasteiger partial charge in [-0.3, -0.25) is 4.79 Å². The van der Waals surface area contributed by atoms with Gasteiger partial charge in [0.15, 0.2) is 5.82 Å². The van der Waals surface area contributed by atoms with Gasteiger partial charge >= 0.3 is 0 Å². The molecule has 7 nitrogen and oxygen atoms in total. The van der Waals surface area contributed by atoms with Crippen molar-refractivity contribution in [2.45, 2.75) is 6.92 Å². The predicted molar refractivity (Wildman–Crippen MR) is 109 cm³/mol. The van der Waals surface area contributed by atoms with Gasteiger partial charge in [-0.1, -0.05) is 41.7 Å². The molecule has 0 atom stereocenters. The van der Waals surface area contributed by atoms with Gasteiger partial charge in [0.25, 0.3) is 0 Å². The van der Waals surface area contributed by atoms with Crippen LogP contribution in [0.5, 0.6) is 5.75 Å². The number of aryl methyl sites for hydroxylation is 1. The lowest BCUT2D eigenvalue weighted by Crippen LogP contribution is -2.09. The van der Waals surface area contributed by atoms with Gasteiger partial charge in [0.1, 0.15) is 10.8 Å². The van der Waals surface area contributed by atoms with Crippen LogP contribution in [0.1, 0.15) is 11.4 Å². The van der Waals surface area contributed by atoms with E-state index < -0.39 is 0 Å². The van der Waals surface area contributed by atoms with E-state index in [1.165, 1.54) is 17.4 Å². The third-order valence-electron chi connectivity index (χ3n) is 4.08. The highest BCUT2D eigenvalue weighted by Gasteiger charge is 2.13. The van der Waals surface area contributed by atoms with E-state index in [4.69, 9.17) is 4.74 Å². The largest absolute Gasteiger partial charge is 0.495 e. The van der Waals surface area contributed by atoms with Crippen LogP contribution in [0.4, 0.5) is 5.69 Å². The summed E-state index contributed by atoms with van der Waals surface area (Å²) < 4.78 is 7.08. The number of anilines is 1. The Balaban J connectivity index is 1.59. The Bertz CT molecular complexity index is 1160. The number of methoxy groups -OCH3 is 1. The molecular formula is C20H17N5O2S. The zero-order valence-corrected chi connectivity index (χ0v) is 16.1. The van der Waals surface area contributed by atoms with Crippen molar-refractivity contribution in [2.24, 2.45) is 0 Å². The van der Waals surface area contributed by atoms with Crippen LogP contribution >= 0.6 is 11.3 Å². The summed E-state index contributed by atoms with van der Waals surface area (Å²) in [6.45, 7) is 1.85. The first-order valence-electron chi connectivity index (χ1n) is 8.55. The number of carbonyl (C=O) groups is 1. The summed E-state index contributed by atoms with van der Waals surface area (Å²) in [6.07, 6.45) is 3.26. The molecule has 0 fully saturated rings. The molecule has 1 N–H and O–H groups in total. The highest BCUT2D eigenvalue weighted by Crippen LogP contribution is 2.32. The van der Waals surface area contributed by atoms with Crippen LogP contribution in [0.15, 0.2) is 54.6 Å². The molecule has 0 saturated carbocycles. The normalized spacial score (nSPS) is 11.2. The summed E-state index contributed by atoms with van der Waals surface area (Å²) in [6, 6.07) is 15.2. The lowest BCUT2D eigenvalue weighted by Gasteiger charge is -2.10. The van der Waals surface area contributed by atoms with E-state index in [-0.39, 0.29) is 5.91 Å². The van der Waals surface area contributed by atoms with Crippen molar-refractivity contribution in [1.29, 1.82) is 0 Å². The second kappa shape index (κ2) is 7.61. The smallest absolute Gasteiger partial charge is 0.248 e. The van der Waals surface area contributed by atoms with Gasteiger partial charge in [-0.2, -0.15) is 9.61 Å². The Kier molecular flexibility index (Phi) is 4.86. The van der Waals surface area contributed by atoms with Crippen molar-refractivity contribution in [2.75, 3.05) is 12.4 Å². The molecule has 0 aliphatic heterocycles. The highest BCUT2D eigenvalue weighted by atomic mass is 32.1. The van der Waals surface area contributed by atoms with Crippen LogP contribution < -0.4 is 10.1 Å². The molecule has 2 aromatic heterocycles. The number of hydrogen-bond donors (Lipinski definition) is 1. The second-order valence-corrected chi connectivity index (χ2v) is 6.95. The molecule has 2 heterocycles. The van der Waals surface area contributed by atoms with E-state index in [2.05, 4.69) is 20.6 Å². The van der Waals surface area contributed by atoms with Crippen molar-refractivity contribution >= 4 is 34.0 Å². The Morgan fingerprint density at radius 2 is 2.00 bits per heavy atom. The molecule has 4 aromatic rings. The molecule has 0 spiro atoms. The van der Waals surface area contributed by atoms with Gasteiger partial charge < -0.3 is 10.1 Å². The van der Waals surface area contributed by atoms with Crippen LogP contribution in [0.3, 0.4) is 0 Å². The number of benzene rings is 2. The van der Waals surface area contributed by atoms with Gasteiger partial charge in [-0.15, -0.1) is 10.2 Å². The van der Waals surface area contributed by atoms with E-state index in [0.29, 0.717) is 11.4 Å². The highest BCUT2D eigenvalue weighted by molar-refractivity contribution is 7.19. The zero-order chi connectivity index (χ0) is 19.5. The fourth-order valence-electron chi connectivity index (χ4n) is 2.68. The third-order valence-corrected chi connectivity index (χ3v) is 5.03. The van der Waals surface area contributed by atoms with Crippen LogP contribution in [0.2, 0.25) is 0 Å². The minimum absolute atomic E-state index is 0.242. The van der Waals surface area contributed by atoms with E-state index in [9.17, 15) is 4.79 Å². The number of hydrogen-bond acceptors (Lipinski definition) is 6. The standard InChI is InChI=1S/C20H17N5O2S/c1-13-22-23-20-25(13)24-19(28-20)15-9-10-17(27-2)16(12-15)21-18(26)11-8-14-6-4-3-5-7-14/h3-12H,1-2H3,(H,21,26)/b11-8+. The summed E-state index contributed by atoms with van der Waals surface area (Å²) in [5.41, 5.74) is 2.39. The topological polar surface area (TPSA) is 81.4 Å². The molecule has 4 rings (SSSR count). The van der Waals surface area contributed by atoms with Gasteiger partial charge in [-0.25, -0.2) is 0 Å². The molecule has 0 unspecified atom stereocenters. The Hall–Kier alpha value is -3.52. The number of nitrogens with one attached hydrogen (secondary N) is 1. The maximum atomic E-state index is 12.4. The molecule has 2 aromatic carbocycles. The monoisotopic (exact) mass is 391 g/mol. The maximum absolute atomic E-state index is 12.4. The number of aromatic nitrogens is 4. The van der Waals surface area contributed by atoms with Crippen molar-refractivity contribution in [1.82, 2.24) is 19.8 Å². The van der Waals surface area contributed by atoms with E-state index in [1.807, 2.05) is 49.4 Å². The van der Waals surface area contributed by atoms with Crippen molar-refractivity contribution < 1.29 is 9.53 Å². The number of nitrogens with zero attached hydrogens (tertiary/aromatic N) is 4. The molecule has 8 heteroatoms. The molecule has 0 aliphatic rings. The van der Waals surface area contributed by atoms with Crippen LogP contribution in [0.25, 0.3) is 21.6 Å². The lowest BCUT2D eigenvalue weighted by atomic mass is 10.2. The second-order valence-electron chi connectivity index (χ2n) is 6.00. The maximum Gasteiger partial charge on any atom is 0.248 e. The fourth-order valence-corrected chi connectivity index (χ4v) is 3.56. The molecule has 0 radical (unpaired) electrons. The van der Waals surface area contributed by atoms with Gasteiger partial charge in [0.05, 0.1) is 12.8 Å². The minimum Gasteiger partial charge on any atom is -0.495 e. The Morgan fingerprint density at radius 1 is 1.18 bits per heavy atom. The first-order valence-corrected chi connectivity index (χ1v) is 9.37. The fraction of sp³-hybridized carbons (Fsp3) is 0.100. The number of fused-ring (bicyclic) bond motifs is 1. The van der Waals surface area contributed by atoms with Crippen molar-refractivity contribution in [3.63, 3.8) is 0 Å². The molecule has 28 heavy (non-hydrogen) atoms. The van der Waals surface area contributed by atoms with Crippen molar-refractivity contribution in [3.8, 4) is 16.3 Å². The van der Waals surface area contributed by atoms with Gasteiger partial charge in [0, 0.05) is 11.6 Å². The average molecular weight is 391 g/mol. The number of amides is 1. The summed E-state index contributed by atoms with van der Waals surface area (Å²) in [4.78, 5) is 13.1. The van der Waals surface area contributed by atoms with Gasteiger partial charge in [-0.05, 0) is 36.8 Å². The SMILES string of the molecule is COc1ccc(-c2nn3c(C)nnc3s2)cc1NC(=O)/C=C/c1ccccc1. The van der Waals surface area contributed by atoms with Crippen molar-refractivity contribution in [3.05, 3.63) is 66.0 Å². The molecular weight excluding hydrogens is 374 g/mol. The summed E-state index contributed by atoms with van der Waals surface area (Å²) in [7, 11) is 1.57. The van der Waals surface area contributed by atoms with E-state index >= 15 is 0 Å².